The van der Waals surface area contributed by atoms with Crippen LogP contribution in [0.25, 0.3) is 10.9 Å². The first-order valence-electron chi connectivity index (χ1n) is 10.2. The zero-order valence-corrected chi connectivity index (χ0v) is 18.7. The number of aromatic amines is 1. The highest BCUT2D eigenvalue weighted by molar-refractivity contribution is 7.14. The first-order valence-corrected chi connectivity index (χ1v) is 11.0. The number of likely N-dealkylation sites (tertiary alicyclic amines) is 1. The van der Waals surface area contributed by atoms with Crippen LogP contribution in [0.15, 0.2) is 24.4 Å². The van der Waals surface area contributed by atoms with Crippen LogP contribution in [0.5, 0.6) is 5.75 Å². The van der Waals surface area contributed by atoms with Gasteiger partial charge in [0.2, 0.25) is 0 Å². The van der Waals surface area contributed by atoms with E-state index in [-0.39, 0.29) is 11.3 Å². The second-order valence-electron chi connectivity index (χ2n) is 8.91. The number of hydrogen-bond donors (Lipinski definition) is 1. The summed E-state index contributed by atoms with van der Waals surface area (Å²) in [6.45, 7) is 9.93. The summed E-state index contributed by atoms with van der Waals surface area (Å²) >= 11 is 1.55. The van der Waals surface area contributed by atoms with Crippen molar-refractivity contribution in [1.82, 2.24) is 14.9 Å². The highest BCUT2D eigenvalue weighted by atomic mass is 32.1. The zero-order chi connectivity index (χ0) is 20.8. The predicted octanol–water partition coefficient (Wildman–Crippen LogP) is 5.26. The molecule has 0 atom stereocenters. The molecule has 3 aromatic rings. The lowest BCUT2D eigenvalue weighted by atomic mass is 9.89. The summed E-state index contributed by atoms with van der Waals surface area (Å²) in [4.78, 5) is 24.0. The van der Waals surface area contributed by atoms with Crippen LogP contribution in [0.4, 0.5) is 0 Å². The van der Waals surface area contributed by atoms with E-state index in [9.17, 15) is 4.79 Å². The van der Waals surface area contributed by atoms with E-state index in [1.54, 1.807) is 18.4 Å². The number of aryl methyl sites for hydroxylation is 1. The van der Waals surface area contributed by atoms with E-state index >= 15 is 0 Å². The molecule has 6 heteroatoms. The SMILES string of the molecule is COc1ccc2[nH]cc(C3CCN(C(=O)c4sc(C(C)(C)C)nc4C)CC3)c2c1. The molecule has 1 fully saturated rings. The maximum Gasteiger partial charge on any atom is 0.265 e. The summed E-state index contributed by atoms with van der Waals surface area (Å²) in [5.74, 6) is 1.46. The van der Waals surface area contributed by atoms with E-state index in [4.69, 9.17) is 4.74 Å². The number of nitrogens with zero attached hydrogens (tertiary/aromatic N) is 2. The third-order valence-electron chi connectivity index (χ3n) is 5.78. The molecule has 1 saturated heterocycles. The zero-order valence-electron chi connectivity index (χ0n) is 17.8. The molecule has 1 amide bonds. The highest BCUT2D eigenvalue weighted by Gasteiger charge is 2.29. The fraction of sp³-hybridized carbons (Fsp3) is 0.478. The fourth-order valence-corrected chi connectivity index (χ4v) is 5.13. The summed E-state index contributed by atoms with van der Waals surface area (Å²) < 4.78 is 5.40. The summed E-state index contributed by atoms with van der Waals surface area (Å²) in [5, 5.41) is 2.25. The number of H-pyrrole nitrogens is 1. The van der Waals surface area contributed by atoms with Gasteiger partial charge >= 0.3 is 0 Å². The Balaban J connectivity index is 1.49. The Morgan fingerprint density at radius 3 is 2.62 bits per heavy atom. The van der Waals surface area contributed by atoms with Crippen LogP contribution in [-0.2, 0) is 5.41 Å². The molecule has 5 nitrogen and oxygen atoms in total. The molecule has 2 aromatic heterocycles. The lowest BCUT2D eigenvalue weighted by Crippen LogP contribution is -2.37. The molecular weight excluding hydrogens is 382 g/mol. The third-order valence-corrected chi connectivity index (χ3v) is 7.35. The van der Waals surface area contributed by atoms with Crippen LogP contribution < -0.4 is 4.74 Å². The number of amides is 1. The van der Waals surface area contributed by atoms with Crippen molar-refractivity contribution in [2.45, 2.75) is 51.9 Å². The predicted molar refractivity (Wildman–Crippen MR) is 118 cm³/mol. The first kappa shape index (κ1) is 20.0. The minimum atomic E-state index is -0.0304. The average Bonchev–Trinajstić information content (AvgIpc) is 3.30. The number of ether oxygens (including phenoxy) is 1. The quantitative estimate of drug-likeness (QED) is 0.640. The topological polar surface area (TPSA) is 58.2 Å². The molecule has 1 N–H and O–H groups in total. The van der Waals surface area contributed by atoms with E-state index in [1.807, 2.05) is 17.9 Å². The van der Waals surface area contributed by atoms with Gasteiger partial charge in [-0.3, -0.25) is 4.79 Å². The van der Waals surface area contributed by atoms with E-state index in [1.165, 1.54) is 10.9 Å². The minimum absolute atomic E-state index is 0.0304. The average molecular weight is 412 g/mol. The Kier molecular flexibility index (Phi) is 5.15. The van der Waals surface area contributed by atoms with E-state index < -0.39 is 0 Å². The van der Waals surface area contributed by atoms with E-state index in [2.05, 4.69) is 49.1 Å². The van der Waals surface area contributed by atoms with Crippen molar-refractivity contribution in [3.8, 4) is 5.75 Å². The molecule has 1 aliphatic heterocycles. The normalized spacial score (nSPS) is 15.8. The summed E-state index contributed by atoms with van der Waals surface area (Å²) in [6.07, 6.45) is 4.06. The number of methoxy groups -OCH3 is 1. The second kappa shape index (κ2) is 7.48. The molecule has 0 aliphatic carbocycles. The molecule has 0 bridgehead atoms. The Morgan fingerprint density at radius 2 is 2.00 bits per heavy atom. The van der Waals surface area contributed by atoms with Crippen LogP contribution in [-0.4, -0.2) is 41.0 Å². The molecule has 29 heavy (non-hydrogen) atoms. The number of nitrogens with one attached hydrogen (secondary N) is 1. The highest BCUT2D eigenvalue weighted by Crippen LogP contribution is 2.36. The molecule has 1 aliphatic rings. The summed E-state index contributed by atoms with van der Waals surface area (Å²) in [5.41, 5.74) is 3.29. The van der Waals surface area contributed by atoms with Crippen LogP contribution >= 0.6 is 11.3 Å². The largest absolute Gasteiger partial charge is 0.497 e. The van der Waals surface area contributed by atoms with Gasteiger partial charge < -0.3 is 14.6 Å². The molecule has 0 spiro atoms. The van der Waals surface area contributed by atoms with E-state index in [0.717, 1.165) is 52.8 Å². The van der Waals surface area contributed by atoms with Gasteiger partial charge in [0, 0.05) is 35.6 Å². The van der Waals surface area contributed by atoms with Crippen molar-refractivity contribution >= 4 is 28.1 Å². The van der Waals surface area contributed by atoms with Gasteiger partial charge in [0.25, 0.3) is 5.91 Å². The molecule has 0 radical (unpaired) electrons. The van der Waals surface area contributed by atoms with Gasteiger partial charge in [0.1, 0.15) is 10.6 Å². The lowest BCUT2D eigenvalue weighted by Gasteiger charge is -2.31. The molecule has 3 heterocycles. The van der Waals surface area contributed by atoms with Crippen LogP contribution in [0, 0.1) is 6.92 Å². The smallest absolute Gasteiger partial charge is 0.265 e. The van der Waals surface area contributed by atoms with Gasteiger partial charge in [-0.2, -0.15) is 0 Å². The van der Waals surface area contributed by atoms with Crippen molar-refractivity contribution in [2.24, 2.45) is 0 Å². The number of thiazole rings is 1. The Hall–Kier alpha value is -2.34. The van der Waals surface area contributed by atoms with Crippen molar-refractivity contribution in [1.29, 1.82) is 0 Å². The van der Waals surface area contributed by atoms with Crippen LogP contribution in [0.1, 0.15) is 65.5 Å². The summed E-state index contributed by atoms with van der Waals surface area (Å²) in [7, 11) is 1.70. The summed E-state index contributed by atoms with van der Waals surface area (Å²) in [6, 6.07) is 6.15. The van der Waals surface area contributed by atoms with Crippen molar-refractivity contribution in [3.05, 3.63) is 45.5 Å². The molecule has 0 unspecified atom stereocenters. The Morgan fingerprint density at radius 1 is 1.28 bits per heavy atom. The third kappa shape index (κ3) is 3.78. The van der Waals surface area contributed by atoms with Gasteiger partial charge in [-0.25, -0.2) is 4.98 Å². The minimum Gasteiger partial charge on any atom is -0.497 e. The van der Waals surface area contributed by atoms with Gasteiger partial charge in [-0.05, 0) is 49.4 Å². The number of aromatic nitrogens is 2. The van der Waals surface area contributed by atoms with Gasteiger partial charge in [0.05, 0.1) is 17.8 Å². The van der Waals surface area contributed by atoms with Gasteiger partial charge in [-0.15, -0.1) is 11.3 Å². The number of fused-ring (bicyclic) bond motifs is 1. The van der Waals surface area contributed by atoms with Crippen LogP contribution in [0.2, 0.25) is 0 Å². The van der Waals surface area contributed by atoms with Crippen molar-refractivity contribution in [2.75, 3.05) is 20.2 Å². The standard InChI is InChI=1S/C23H29N3O2S/c1-14-20(29-22(25-14)23(2,3)4)21(27)26-10-8-15(9-11-26)18-13-24-19-7-6-16(28-5)12-17(18)19/h6-7,12-13,15,24H,8-11H2,1-5H3. The van der Waals surface area contributed by atoms with Crippen molar-refractivity contribution in [3.63, 3.8) is 0 Å². The molecule has 1 aromatic carbocycles. The molecule has 0 saturated carbocycles. The maximum absolute atomic E-state index is 13.1. The van der Waals surface area contributed by atoms with Crippen molar-refractivity contribution < 1.29 is 9.53 Å². The lowest BCUT2D eigenvalue weighted by molar-refractivity contribution is 0.0717. The number of carbonyl (C=O) groups is 1. The Labute approximate surface area is 176 Å². The maximum atomic E-state index is 13.1. The number of hydrogen-bond acceptors (Lipinski definition) is 4. The second-order valence-corrected chi connectivity index (χ2v) is 9.90. The van der Waals surface area contributed by atoms with E-state index in [0.29, 0.717) is 5.92 Å². The Bertz CT molecular complexity index is 1040. The van der Waals surface area contributed by atoms with Gasteiger partial charge in [0.15, 0.2) is 0 Å². The van der Waals surface area contributed by atoms with Crippen LogP contribution in [0.3, 0.4) is 0 Å². The number of carbonyl (C=O) groups excluding carboxylic acids is 1. The molecule has 154 valence electrons. The number of benzene rings is 1. The number of rotatable bonds is 3. The first-order chi connectivity index (χ1) is 13.8. The monoisotopic (exact) mass is 411 g/mol. The molecular formula is C23H29N3O2S. The molecule has 4 rings (SSSR count). The number of piperidine rings is 1. The van der Waals surface area contributed by atoms with Gasteiger partial charge in [-0.1, -0.05) is 20.8 Å². The fourth-order valence-electron chi connectivity index (χ4n) is 4.04.